The van der Waals surface area contributed by atoms with Crippen LogP contribution in [0, 0.1) is 0 Å². The molecular formula is C21H24N4O2S. The van der Waals surface area contributed by atoms with Crippen LogP contribution in [0.4, 0.5) is 10.8 Å². The van der Waals surface area contributed by atoms with Crippen LogP contribution in [-0.4, -0.2) is 29.1 Å². The van der Waals surface area contributed by atoms with Gasteiger partial charge < -0.3 is 21.5 Å². The maximum atomic E-state index is 12.7. The Morgan fingerprint density at radius 3 is 2.71 bits per heavy atom. The van der Waals surface area contributed by atoms with Gasteiger partial charge in [-0.2, -0.15) is 0 Å². The molecule has 1 atom stereocenters. The highest BCUT2D eigenvalue weighted by Crippen LogP contribution is 2.14. The molecule has 0 fully saturated rings. The van der Waals surface area contributed by atoms with E-state index in [0.717, 1.165) is 0 Å². The van der Waals surface area contributed by atoms with E-state index in [1.165, 1.54) is 0 Å². The number of rotatable bonds is 9. The number of nitrogen functional groups attached to an aromatic ring is 1. The predicted octanol–water partition coefficient (Wildman–Crippen LogP) is 2.77. The second-order valence-corrected chi connectivity index (χ2v) is 5.89. The number of carbonyl (C=O) groups is 1. The monoisotopic (exact) mass is 411 g/mol. The van der Waals surface area contributed by atoms with E-state index in [1.807, 2.05) is 5.32 Å². The van der Waals surface area contributed by atoms with Crippen LogP contribution in [-0.2, 0) is 17.5 Å². The van der Waals surface area contributed by atoms with Gasteiger partial charge in [0.15, 0.2) is 5.13 Å². The molecule has 0 saturated heterocycles. The van der Waals surface area contributed by atoms with Gasteiger partial charge >= 0.3 is 0 Å². The van der Waals surface area contributed by atoms with Crippen molar-refractivity contribution in [2.24, 2.45) is 0 Å². The number of hydrogen-bond acceptors (Lipinski definition) is 6. The van der Waals surface area contributed by atoms with Gasteiger partial charge in [-0.1, -0.05) is 42.3 Å². The van der Waals surface area contributed by atoms with Crippen molar-refractivity contribution in [1.82, 2.24) is 10.3 Å². The molecule has 3 aromatic rings. The molecule has 1 amide bonds. The quantitative estimate of drug-likeness (QED) is 0.434. The normalized spacial score (nSPS) is 21.7. The number of benzene rings is 2. The lowest BCUT2D eigenvalue weighted by atomic mass is 10.1. The van der Waals surface area contributed by atoms with Gasteiger partial charge in [0, 0.05) is 23.1 Å². The molecule has 0 bridgehead atoms. The molecule has 0 unspecified atom stereocenters. The molecule has 0 saturated carbocycles. The molecule has 0 spiro atoms. The van der Waals surface area contributed by atoms with E-state index in [2.05, 4.69) is 10.3 Å². The summed E-state index contributed by atoms with van der Waals surface area (Å²) in [5.41, 5.74) is 2.52. The molecule has 1 heterocycles. The van der Waals surface area contributed by atoms with E-state index in [9.17, 15) is 9.90 Å². The smallest absolute Gasteiger partial charge is 0.230 e. The summed E-state index contributed by atoms with van der Waals surface area (Å²) in [6, 6.07) is -7.74. The summed E-state index contributed by atoms with van der Waals surface area (Å²) >= 11 is 0.607. The fraction of sp³-hybridized carbons (Fsp3) is 0.238. The van der Waals surface area contributed by atoms with Gasteiger partial charge in [-0.05, 0) is 36.1 Å². The van der Waals surface area contributed by atoms with Gasteiger partial charge in [0.1, 0.15) is 0 Å². The van der Waals surface area contributed by atoms with Crippen LogP contribution in [0.2, 0.25) is 0 Å². The molecule has 0 aliphatic heterocycles. The third kappa shape index (κ3) is 6.16. The zero-order valence-corrected chi connectivity index (χ0v) is 15.0. The number of anilines is 2. The fourth-order valence-electron chi connectivity index (χ4n) is 1.84. The Labute approximate surface area is 189 Å². The van der Waals surface area contributed by atoms with Crippen molar-refractivity contribution in [2.45, 2.75) is 18.8 Å². The number of nitrogens with two attached hydrogens (primary N) is 1. The molecule has 6 nitrogen and oxygen atoms in total. The van der Waals surface area contributed by atoms with E-state index in [1.54, 1.807) is 0 Å². The molecule has 7 heteroatoms. The number of aliphatic hydroxyl groups is 1. The number of aromatic nitrogens is 1. The van der Waals surface area contributed by atoms with E-state index >= 15 is 0 Å². The summed E-state index contributed by atoms with van der Waals surface area (Å²) in [5.74, 6) is -1.48. The number of nitrogens with zero attached hydrogens (tertiary/aromatic N) is 1. The van der Waals surface area contributed by atoms with E-state index in [4.69, 9.17) is 26.3 Å². The van der Waals surface area contributed by atoms with Crippen LogP contribution < -0.4 is 16.4 Å². The summed E-state index contributed by atoms with van der Waals surface area (Å²) in [5, 5.41) is 14.3. The van der Waals surface area contributed by atoms with Crippen LogP contribution in [0.15, 0.2) is 59.7 Å². The lowest BCUT2D eigenvalue weighted by Gasteiger charge is -2.12. The zero-order chi connectivity index (χ0) is 33.0. The average Bonchev–Trinajstić information content (AvgIpc) is 3.25. The Hall–Kier alpha value is -2.74. The first-order valence-corrected chi connectivity index (χ1v) is 8.55. The highest BCUT2D eigenvalue weighted by atomic mass is 32.1. The van der Waals surface area contributed by atoms with Crippen molar-refractivity contribution in [2.75, 3.05) is 24.1 Å². The van der Waals surface area contributed by atoms with Crippen molar-refractivity contribution in [1.29, 1.82) is 0 Å². The molecule has 0 aliphatic carbocycles. The molecule has 0 radical (unpaired) electrons. The highest BCUT2D eigenvalue weighted by Gasteiger charge is 2.08. The summed E-state index contributed by atoms with van der Waals surface area (Å²) in [4.78, 5) is 16.4. The van der Waals surface area contributed by atoms with E-state index < -0.39 is 120 Å². The number of nitrogens with one attached hydrogen (secondary N) is 2. The minimum atomic E-state index is -2.96. The Bertz CT molecular complexity index is 1550. The minimum absolute atomic E-state index is 0.182. The fourth-order valence-corrected chi connectivity index (χ4v) is 2.27. The standard InChI is InChI=1S/C21H24N4O2S/c22-21-25-18(14-28-21)12-20(27)24-17-8-6-15(7-9-17)10-11-23-13-19(26)16-4-2-1-3-5-16/h1-9,14,19,23,26H,10-13H2,(H2,22,25)(H,24,27)/t19-/m0/s1/i1D,2D,3D,4D,5D,6D,7D,8D,9D,10D2,12D2,14D,19D. The van der Waals surface area contributed by atoms with Crippen LogP contribution in [0.5, 0.6) is 0 Å². The Morgan fingerprint density at radius 1 is 1.29 bits per heavy atom. The van der Waals surface area contributed by atoms with Crippen molar-refractivity contribution < 1.29 is 30.5 Å². The van der Waals surface area contributed by atoms with Gasteiger partial charge in [-0.3, -0.25) is 4.79 Å². The van der Waals surface area contributed by atoms with Crippen LogP contribution in [0.25, 0.3) is 0 Å². The first kappa shape index (κ1) is 8.32. The zero-order valence-electron chi connectivity index (χ0n) is 29.2. The first-order valence-electron chi connectivity index (χ1n) is 15.2. The lowest BCUT2D eigenvalue weighted by Crippen LogP contribution is -2.23. The second-order valence-electron chi connectivity index (χ2n) is 5.06. The van der Waals surface area contributed by atoms with Gasteiger partial charge in [-0.15, -0.1) is 11.3 Å². The molecule has 5 N–H and O–H groups in total. The van der Waals surface area contributed by atoms with Crippen LogP contribution in [0.1, 0.15) is 43.5 Å². The maximum absolute atomic E-state index is 12.7. The van der Waals surface area contributed by atoms with Crippen molar-refractivity contribution in [3.05, 3.63) is 76.6 Å². The largest absolute Gasteiger partial charge is 0.387 e. The van der Waals surface area contributed by atoms with Crippen molar-refractivity contribution in [3.63, 3.8) is 0 Å². The van der Waals surface area contributed by atoms with Crippen LogP contribution in [0.3, 0.4) is 0 Å². The van der Waals surface area contributed by atoms with E-state index in [-0.39, 0.29) is 5.13 Å². The SMILES string of the molecule is [2H]c1sc(N)nc1C([2H])([2H])C(=O)Nc1c([2H])c([2H])c(C([2H])([2H])CNC[C@]([2H])(O)c2c([2H])c([2H])c([2H])c([2H])c2[2H])c([2H])c1[2H]. The summed E-state index contributed by atoms with van der Waals surface area (Å²) in [6.45, 7) is -1.71. The third-order valence-corrected chi connectivity index (χ3v) is 3.64. The van der Waals surface area contributed by atoms with Crippen LogP contribution >= 0.6 is 11.3 Å². The molecular weight excluding hydrogens is 372 g/mol. The summed E-state index contributed by atoms with van der Waals surface area (Å²) in [7, 11) is 0. The third-order valence-electron chi connectivity index (χ3n) is 3.04. The molecule has 2 aromatic carbocycles. The van der Waals surface area contributed by atoms with Crippen molar-refractivity contribution in [3.8, 4) is 0 Å². The Kier molecular flexibility index (Phi) is 2.97. The summed E-state index contributed by atoms with van der Waals surface area (Å²) in [6.07, 6.45) is -8.52. The van der Waals surface area contributed by atoms with Gasteiger partial charge in [-0.25, -0.2) is 4.98 Å². The number of carbonyl (C=O) groups excluding carboxylic acids is 1. The highest BCUT2D eigenvalue weighted by molar-refractivity contribution is 7.13. The minimum Gasteiger partial charge on any atom is -0.387 e. The lowest BCUT2D eigenvalue weighted by molar-refractivity contribution is -0.115. The Morgan fingerprint density at radius 2 is 2.04 bits per heavy atom. The van der Waals surface area contributed by atoms with Gasteiger partial charge in [0.25, 0.3) is 0 Å². The second kappa shape index (κ2) is 9.98. The topological polar surface area (TPSA) is 100 Å². The molecule has 28 heavy (non-hydrogen) atoms. The number of amides is 1. The number of thiazole rings is 1. The predicted molar refractivity (Wildman–Crippen MR) is 113 cm³/mol. The van der Waals surface area contributed by atoms with E-state index in [0.29, 0.717) is 11.3 Å². The molecule has 146 valence electrons. The van der Waals surface area contributed by atoms with Gasteiger partial charge in [0.05, 0.1) is 33.2 Å². The Balaban J connectivity index is 1.89. The average molecular weight is 412 g/mol. The van der Waals surface area contributed by atoms with Crippen molar-refractivity contribution >= 4 is 28.1 Å². The number of hydrogen-bond donors (Lipinski definition) is 4. The maximum Gasteiger partial charge on any atom is 0.230 e. The molecule has 3 rings (SSSR count). The molecule has 1 aromatic heterocycles. The van der Waals surface area contributed by atoms with Gasteiger partial charge in [0.2, 0.25) is 5.91 Å². The molecule has 0 aliphatic rings. The first-order chi connectivity index (χ1) is 19.6. The summed E-state index contributed by atoms with van der Waals surface area (Å²) < 4.78 is 121.